The van der Waals surface area contributed by atoms with Crippen LogP contribution in [0.25, 0.3) is 0 Å². The van der Waals surface area contributed by atoms with Crippen LogP contribution in [0.15, 0.2) is 33.9 Å². The van der Waals surface area contributed by atoms with Gasteiger partial charge in [0.1, 0.15) is 12.2 Å². The maximum Gasteiger partial charge on any atom is 0.302 e. The molecule has 1 N–H and O–H groups in total. The first-order chi connectivity index (χ1) is 11.8. The van der Waals surface area contributed by atoms with Gasteiger partial charge in [-0.25, -0.2) is 0 Å². The predicted octanol–water partition coefficient (Wildman–Crippen LogP) is 2.64. The number of fused-ring (bicyclic) bond motifs is 1. The molecule has 0 aliphatic heterocycles. The number of ether oxygens (including phenoxy) is 2. The maximum atomic E-state index is 12.9. The van der Waals surface area contributed by atoms with Crippen molar-refractivity contribution in [2.45, 2.75) is 52.6 Å². The van der Waals surface area contributed by atoms with Gasteiger partial charge >= 0.3 is 5.97 Å². The monoisotopic (exact) mass is 346 g/mol. The summed E-state index contributed by atoms with van der Waals surface area (Å²) < 4.78 is 10.6. The number of rotatable bonds is 6. The molecule has 5 heteroatoms. The van der Waals surface area contributed by atoms with E-state index in [0.29, 0.717) is 18.8 Å². The molecule has 0 unspecified atom stereocenters. The predicted molar refractivity (Wildman–Crippen MR) is 92.8 cm³/mol. The zero-order valence-electron chi connectivity index (χ0n) is 15.4. The third kappa shape index (κ3) is 2.70. The summed E-state index contributed by atoms with van der Waals surface area (Å²) in [4.78, 5) is 23.7. The molecule has 0 aromatic carbocycles. The summed E-state index contributed by atoms with van der Waals surface area (Å²) in [5.41, 5.74) is 3.07. The van der Waals surface area contributed by atoms with Gasteiger partial charge in [-0.05, 0) is 55.9 Å². The first kappa shape index (κ1) is 18.1. The maximum absolute atomic E-state index is 12.9. The molecule has 3 aliphatic carbocycles. The zero-order valence-corrected chi connectivity index (χ0v) is 15.4. The highest BCUT2D eigenvalue weighted by Gasteiger charge is 2.65. The van der Waals surface area contributed by atoms with Gasteiger partial charge in [0.25, 0.3) is 0 Å². The summed E-state index contributed by atoms with van der Waals surface area (Å²) in [6.07, 6.45) is 4.40. The van der Waals surface area contributed by atoms with E-state index in [9.17, 15) is 14.7 Å². The van der Waals surface area contributed by atoms with Crippen LogP contribution in [0.5, 0.6) is 0 Å². The van der Waals surface area contributed by atoms with E-state index in [-0.39, 0.29) is 18.4 Å². The Labute approximate surface area is 148 Å². The van der Waals surface area contributed by atoms with Gasteiger partial charge in [-0.3, -0.25) is 9.59 Å². The van der Waals surface area contributed by atoms with Gasteiger partial charge in [0.15, 0.2) is 5.78 Å². The Bertz CT molecular complexity index is 716. The molecule has 0 bridgehead atoms. The summed E-state index contributed by atoms with van der Waals surface area (Å²) in [5, 5.41) is 10.9. The van der Waals surface area contributed by atoms with Crippen molar-refractivity contribution >= 4 is 11.8 Å². The molecule has 3 rings (SSSR count). The normalized spacial score (nSPS) is 26.9. The lowest BCUT2D eigenvalue weighted by Gasteiger charge is -2.39. The molecule has 3 aliphatic rings. The highest BCUT2D eigenvalue weighted by atomic mass is 16.6. The smallest absolute Gasteiger partial charge is 0.302 e. The van der Waals surface area contributed by atoms with Crippen LogP contribution in [0.3, 0.4) is 0 Å². The fourth-order valence-corrected chi connectivity index (χ4v) is 4.23. The molecule has 0 radical (unpaired) electrons. The number of esters is 1. The number of allylic oxidation sites excluding steroid dienone is 2. The van der Waals surface area contributed by atoms with Crippen LogP contribution in [-0.4, -0.2) is 42.3 Å². The molecule has 25 heavy (non-hydrogen) atoms. The van der Waals surface area contributed by atoms with Gasteiger partial charge in [0.2, 0.25) is 0 Å². The minimum atomic E-state index is -1.32. The molecular formula is C20H26O5. The molecule has 1 fully saturated rings. The van der Waals surface area contributed by atoms with Crippen molar-refractivity contribution in [3.8, 4) is 0 Å². The van der Waals surface area contributed by atoms with Crippen molar-refractivity contribution in [3.63, 3.8) is 0 Å². The quantitative estimate of drug-likeness (QED) is 0.591. The number of hydrogen-bond donors (Lipinski definition) is 1. The fourth-order valence-electron chi connectivity index (χ4n) is 4.23. The number of carbonyl (C=O) groups excluding carboxylic acids is 2. The van der Waals surface area contributed by atoms with Crippen LogP contribution in [0, 0.1) is 5.41 Å². The van der Waals surface area contributed by atoms with Crippen LogP contribution < -0.4 is 0 Å². The number of hydrogen-bond acceptors (Lipinski definition) is 5. The molecule has 0 aromatic heterocycles. The van der Waals surface area contributed by atoms with E-state index in [1.165, 1.54) is 6.92 Å². The van der Waals surface area contributed by atoms with E-state index in [4.69, 9.17) is 9.47 Å². The molecule has 0 heterocycles. The Kier molecular flexibility index (Phi) is 4.50. The van der Waals surface area contributed by atoms with Crippen molar-refractivity contribution in [2.75, 3.05) is 19.8 Å². The van der Waals surface area contributed by atoms with E-state index < -0.39 is 11.0 Å². The van der Waals surface area contributed by atoms with Crippen LogP contribution in [0.4, 0.5) is 0 Å². The number of Topliss-reactive ketones (excluding diaryl/α,β-unsaturated/α-hetero) is 1. The van der Waals surface area contributed by atoms with E-state index >= 15 is 0 Å². The average molecular weight is 346 g/mol. The number of carbonyl (C=O) groups is 2. The lowest BCUT2D eigenvalue weighted by atomic mass is 9.67. The second-order valence-corrected chi connectivity index (χ2v) is 7.29. The third-order valence-corrected chi connectivity index (χ3v) is 5.90. The first-order valence-corrected chi connectivity index (χ1v) is 8.90. The van der Waals surface area contributed by atoms with Gasteiger partial charge in [0, 0.05) is 17.9 Å². The largest absolute Gasteiger partial charge is 0.463 e. The Morgan fingerprint density at radius 3 is 2.56 bits per heavy atom. The molecule has 0 saturated heterocycles. The minimum Gasteiger partial charge on any atom is -0.463 e. The van der Waals surface area contributed by atoms with E-state index in [2.05, 4.69) is 0 Å². The molecule has 136 valence electrons. The fraction of sp³-hybridized carbons (Fsp3) is 0.600. The van der Waals surface area contributed by atoms with Crippen molar-refractivity contribution in [3.05, 3.63) is 33.9 Å². The van der Waals surface area contributed by atoms with Gasteiger partial charge in [-0.15, -0.1) is 0 Å². The lowest BCUT2D eigenvalue weighted by Crippen LogP contribution is -2.49. The van der Waals surface area contributed by atoms with Crippen LogP contribution in [0.1, 0.15) is 47.0 Å². The Morgan fingerprint density at radius 1 is 1.32 bits per heavy atom. The zero-order chi connectivity index (χ0) is 18.4. The number of ketones is 1. The Balaban J connectivity index is 1.85. The molecule has 5 nitrogen and oxygen atoms in total. The van der Waals surface area contributed by atoms with Crippen molar-refractivity contribution < 1.29 is 24.2 Å². The summed E-state index contributed by atoms with van der Waals surface area (Å²) in [6, 6.07) is 0. The highest BCUT2D eigenvalue weighted by molar-refractivity contribution is 6.10. The van der Waals surface area contributed by atoms with Crippen molar-refractivity contribution in [1.82, 2.24) is 0 Å². The van der Waals surface area contributed by atoms with E-state index in [0.717, 1.165) is 41.6 Å². The SMILES string of the molecule is CCC1=C(COCCOC(C)=O)C2=C(C)C3(CC3)[C@@](C)(O)C(=O)C2=C1. The van der Waals surface area contributed by atoms with Crippen LogP contribution in [0.2, 0.25) is 0 Å². The van der Waals surface area contributed by atoms with Crippen LogP contribution in [-0.2, 0) is 19.1 Å². The van der Waals surface area contributed by atoms with Gasteiger partial charge in [-0.2, -0.15) is 0 Å². The molecular weight excluding hydrogens is 320 g/mol. The van der Waals surface area contributed by atoms with Crippen molar-refractivity contribution in [1.29, 1.82) is 0 Å². The minimum absolute atomic E-state index is 0.175. The van der Waals surface area contributed by atoms with Gasteiger partial charge in [-0.1, -0.05) is 12.5 Å². The van der Waals surface area contributed by atoms with Gasteiger partial charge < -0.3 is 14.6 Å². The van der Waals surface area contributed by atoms with Gasteiger partial charge in [0.05, 0.1) is 13.2 Å². The number of aliphatic hydroxyl groups is 1. The average Bonchev–Trinajstić information content (AvgIpc) is 3.29. The van der Waals surface area contributed by atoms with Crippen LogP contribution >= 0.6 is 0 Å². The lowest BCUT2D eigenvalue weighted by molar-refractivity contribution is -0.142. The molecule has 1 spiro atoms. The summed E-state index contributed by atoms with van der Waals surface area (Å²) in [6.45, 7) is 8.03. The van der Waals surface area contributed by atoms with E-state index in [1.807, 2.05) is 19.9 Å². The third-order valence-electron chi connectivity index (χ3n) is 5.90. The molecule has 0 amide bonds. The second-order valence-electron chi connectivity index (χ2n) is 7.29. The topological polar surface area (TPSA) is 72.8 Å². The molecule has 1 atom stereocenters. The van der Waals surface area contributed by atoms with E-state index in [1.54, 1.807) is 6.92 Å². The first-order valence-electron chi connectivity index (χ1n) is 8.90. The molecule has 1 saturated carbocycles. The summed E-state index contributed by atoms with van der Waals surface area (Å²) >= 11 is 0. The Hall–Kier alpha value is -1.72. The summed E-state index contributed by atoms with van der Waals surface area (Å²) in [5.74, 6) is -0.498. The summed E-state index contributed by atoms with van der Waals surface area (Å²) in [7, 11) is 0. The molecule has 0 aromatic rings. The highest BCUT2D eigenvalue weighted by Crippen LogP contribution is 2.65. The van der Waals surface area contributed by atoms with Crippen molar-refractivity contribution in [2.24, 2.45) is 5.41 Å². The Morgan fingerprint density at radius 2 is 2.00 bits per heavy atom. The second kappa shape index (κ2) is 6.22. The standard InChI is InChI=1S/C20H26O5/c1-5-14-10-15-17(16(14)11-24-8-9-25-13(3)21)12(2)20(6-7-20)19(4,23)18(15)22/h10,23H,5-9,11H2,1-4H3/t19-/m0/s1.